The number of hydrogen-bond donors (Lipinski definition) is 0. The Morgan fingerprint density at radius 1 is 0.867 bits per heavy atom. The minimum Gasteiger partial charge on any atom is -0.353 e. The highest BCUT2D eigenvalue weighted by Gasteiger charge is 2.23. The van der Waals surface area contributed by atoms with Crippen LogP contribution >= 0.6 is 0 Å². The van der Waals surface area contributed by atoms with E-state index in [1.165, 1.54) is 0 Å². The molecule has 0 spiro atoms. The van der Waals surface area contributed by atoms with Crippen LogP contribution in [-0.2, 0) is 0 Å². The van der Waals surface area contributed by atoms with Crippen LogP contribution < -0.4 is 14.7 Å². The second-order valence-corrected chi connectivity index (χ2v) is 7.29. The summed E-state index contributed by atoms with van der Waals surface area (Å²) >= 11 is 0. The van der Waals surface area contributed by atoms with Crippen molar-refractivity contribution in [3.63, 3.8) is 0 Å². The molecule has 1 fully saturated rings. The van der Waals surface area contributed by atoms with Gasteiger partial charge in [0.05, 0.1) is 5.69 Å². The van der Waals surface area contributed by atoms with Crippen LogP contribution in [0.5, 0.6) is 0 Å². The minimum absolute atomic E-state index is 0.708. The predicted octanol–water partition coefficient (Wildman–Crippen LogP) is 1.39. The van der Waals surface area contributed by atoms with Crippen molar-refractivity contribution in [2.24, 2.45) is 0 Å². The Hall–Kier alpha value is -3.82. The highest BCUT2D eigenvalue weighted by atomic mass is 15.5. The van der Waals surface area contributed by atoms with Gasteiger partial charge in [-0.15, -0.1) is 5.10 Å². The first-order valence-corrected chi connectivity index (χ1v) is 9.83. The van der Waals surface area contributed by atoms with E-state index in [1.807, 2.05) is 55.4 Å². The summed E-state index contributed by atoms with van der Waals surface area (Å²) in [4.78, 5) is 24.3. The Balaban J connectivity index is 1.38. The first kappa shape index (κ1) is 18.2. The van der Waals surface area contributed by atoms with Gasteiger partial charge in [-0.3, -0.25) is 0 Å². The van der Waals surface area contributed by atoms with E-state index in [2.05, 4.69) is 40.0 Å². The van der Waals surface area contributed by atoms with Crippen LogP contribution in [-0.4, -0.2) is 75.2 Å². The Bertz CT molecular complexity index is 1150. The van der Waals surface area contributed by atoms with E-state index in [0.29, 0.717) is 17.1 Å². The van der Waals surface area contributed by atoms with Crippen molar-refractivity contribution >= 4 is 28.7 Å². The Morgan fingerprint density at radius 3 is 2.40 bits per heavy atom. The molecule has 0 radical (unpaired) electrons. The van der Waals surface area contributed by atoms with E-state index < -0.39 is 0 Å². The molecule has 1 aliphatic heterocycles. The third-order valence-corrected chi connectivity index (χ3v) is 5.15. The van der Waals surface area contributed by atoms with Gasteiger partial charge >= 0.3 is 0 Å². The maximum atomic E-state index is 4.65. The number of nitrogens with zero attached hydrogens (tertiary/aromatic N) is 10. The largest absolute Gasteiger partial charge is 0.353 e. The maximum absolute atomic E-state index is 4.65. The number of anilines is 3. The van der Waals surface area contributed by atoms with Gasteiger partial charge < -0.3 is 14.7 Å². The second kappa shape index (κ2) is 7.54. The zero-order valence-electron chi connectivity index (χ0n) is 16.9. The lowest BCUT2D eigenvalue weighted by molar-refractivity contribution is 0.641. The van der Waals surface area contributed by atoms with E-state index in [0.717, 1.165) is 43.5 Å². The Kier molecular flexibility index (Phi) is 4.58. The van der Waals surface area contributed by atoms with Gasteiger partial charge in [0.1, 0.15) is 12.1 Å². The van der Waals surface area contributed by atoms with Crippen molar-refractivity contribution in [2.45, 2.75) is 0 Å². The van der Waals surface area contributed by atoms with Crippen molar-refractivity contribution in [1.29, 1.82) is 0 Å². The van der Waals surface area contributed by atoms with E-state index >= 15 is 0 Å². The highest BCUT2D eigenvalue weighted by Crippen LogP contribution is 2.24. The number of hydrogen-bond acceptors (Lipinski definition) is 9. The molecule has 0 aliphatic carbocycles. The first-order valence-electron chi connectivity index (χ1n) is 9.83. The Morgan fingerprint density at radius 2 is 1.63 bits per heavy atom. The molecule has 0 atom stereocenters. The first-order chi connectivity index (χ1) is 14.7. The van der Waals surface area contributed by atoms with Crippen LogP contribution in [0.1, 0.15) is 0 Å². The topological polar surface area (TPSA) is 92.0 Å². The number of benzene rings is 1. The van der Waals surface area contributed by atoms with Gasteiger partial charge in [0, 0.05) is 46.5 Å². The van der Waals surface area contributed by atoms with E-state index in [4.69, 9.17) is 0 Å². The fraction of sp³-hybridized carbons (Fsp3) is 0.300. The monoisotopic (exact) mass is 402 g/mol. The average Bonchev–Trinajstić information content (AvgIpc) is 3.24. The molecule has 10 heteroatoms. The lowest BCUT2D eigenvalue weighted by Gasteiger charge is -2.36. The van der Waals surface area contributed by atoms with Crippen molar-refractivity contribution in [2.75, 3.05) is 55.0 Å². The summed E-state index contributed by atoms with van der Waals surface area (Å²) in [5.74, 6) is 2.47. The molecule has 5 rings (SSSR count). The molecule has 10 nitrogen and oxygen atoms in total. The number of fused-ring (bicyclic) bond motifs is 1. The standard InChI is InChI=1S/C20H22N10/c1-27(2)20-21-9-8-16(24-20)28-10-12-29(13-11-28)18-17-19(23-14-22-18)30(26-25-17)15-6-4-3-5-7-15/h3-9,14H,10-13H2,1-2H3. The predicted molar refractivity (Wildman–Crippen MR) is 115 cm³/mol. The molecule has 0 bridgehead atoms. The molecule has 4 heterocycles. The summed E-state index contributed by atoms with van der Waals surface area (Å²) in [6.45, 7) is 3.29. The number of para-hydroxylation sites is 1. The molecule has 4 aromatic rings. The molecule has 0 unspecified atom stereocenters. The summed E-state index contributed by atoms with van der Waals surface area (Å²) in [7, 11) is 3.89. The van der Waals surface area contributed by atoms with Crippen LogP contribution in [0.2, 0.25) is 0 Å². The fourth-order valence-electron chi connectivity index (χ4n) is 3.59. The van der Waals surface area contributed by atoms with Gasteiger partial charge in [-0.2, -0.15) is 9.67 Å². The van der Waals surface area contributed by atoms with Crippen molar-refractivity contribution in [3.05, 3.63) is 48.9 Å². The van der Waals surface area contributed by atoms with Gasteiger partial charge in [0.2, 0.25) is 5.95 Å². The zero-order valence-corrected chi connectivity index (χ0v) is 16.9. The minimum atomic E-state index is 0.708. The zero-order chi connectivity index (χ0) is 20.5. The summed E-state index contributed by atoms with van der Waals surface area (Å²) in [5.41, 5.74) is 2.35. The molecule has 1 aromatic carbocycles. The fourth-order valence-corrected chi connectivity index (χ4v) is 3.59. The lowest BCUT2D eigenvalue weighted by Crippen LogP contribution is -2.47. The van der Waals surface area contributed by atoms with Gasteiger partial charge in [0.25, 0.3) is 0 Å². The van der Waals surface area contributed by atoms with Gasteiger partial charge in [0.15, 0.2) is 17.0 Å². The molecule has 1 aliphatic rings. The summed E-state index contributed by atoms with van der Waals surface area (Å²) < 4.78 is 1.75. The Labute approximate surface area is 173 Å². The van der Waals surface area contributed by atoms with E-state index in [9.17, 15) is 0 Å². The van der Waals surface area contributed by atoms with Gasteiger partial charge in [-0.1, -0.05) is 23.4 Å². The molecule has 152 valence electrons. The van der Waals surface area contributed by atoms with Crippen molar-refractivity contribution < 1.29 is 0 Å². The van der Waals surface area contributed by atoms with Crippen LogP contribution in [0.15, 0.2) is 48.9 Å². The number of rotatable bonds is 4. The molecule has 1 saturated heterocycles. The van der Waals surface area contributed by atoms with Crippen LogP contribution in [0.3, 0.4) is 0 Å². The highest BCUT2D eigenvalue weighted by molar-refractivity contribution is 5.83. The third kappa shape index (κ3) is 3.25. The van der Waals surface area contributed by atoms with Crippen LogP contribution in [0, 0.1) is 0 Å². The average molecular weight is 402 g/mol. The molecular formula is C20H22N10. The number of piperazine rings is 1. The summed E-state index contributed by atoms with van der Waals surface area (Å²) in [6, 6.07) is 11.8. The molecule has 0 N–H and O–H groups in total. The van der Waals surface area contributed by atoms with Crippen molar-refractivity contribution in [3.8, 4) is 5.69 Å². The molecule has 0 amide bonds. The third-order valence-electron chi connectivity index (χ3n) is 5.15. The summed E-state index contributed by atoms with van der Waals surface area (Å²) in [6.07, 6.45) is 3.39. The normalized spacial score (nSPS) is 14.3. The van der Waals surface area contributed by atoms with Gasteiger partial charge in [-0.25, -0.2) is 15.0 Å². The van der Waals surface area contributed by atoms with E-state index in [-0.39, 0.29) is 0 Å². The molecule has 30 heavy (non-hydrogen) atoms. The van der Waals surface area contributed by atoms with Crippen LogP contribution in [0.4, 0.5) is 17.6 Å². The van der Waals surface area contributed by atoms with Crippen molar-refractivity contribution in [1.82, 2.24) is 34.9 Å². The van der Waals surface area contributed by atoms with Gasteiger partial charge in [-0.05, 0) is 18.2 Å². The molecule has 3 aromatic heterocycles. The second-order valence-electron chi connectivity index (χ2n) is 7.29. The quantitative estimate of drug-likeness (QED) is 0.502. The van der Waals surface area contributed by atoms with E-state index in [1.54, 1.807) is 17.2 Å². The van der Waals surface area contributed by atoms with Crippen LogP contribution in [0.25, 0.3) is 16.9 Å². The molecule has 0 saturated carbocycles. The molecular weight excluding hydrogens is 380 g/mol. The SMILES string of the molecule is CN(C)c1nccc(N2CCN(c3ncnc4c3nnn4-c3ccccc3)CC2)n1. The lowest BCUT2D eigenvalue weighted by atomic mass is 10.3. The smallest absolute Gasteiger partial charge is 0.226 e. The number of aromatic nitrogens is 7. The summed E-state index contributed by atoms with van der Waals surface area (Å²) in [5, 5.41) is 8.70. The maximum Gasteiger partial charge on any atom is 0.226 e.